The zero-order valence-electron chi connectivity index (χ0n) is 10.6. The van der Waals surface area contributed by atoms with Crippen LogP contribution in [0.2, 0.25) is 0 Å². The largest absolute Gasteiger partial charge is 0.357 e. The van der Waals surface area contributed by atoms with Crippen LogP contribution in [0.3, 0.4) is 0 Å². The molecule has 1 amide bonds. The Hall–Kier alpha value is -2.03. The first-order valence-electron chi connectivity index (χ1n) is 6.23. The third kappa shape index (κ3) is 1.63. The lowest BCUT2D eigenvalue weighted by Crippen LogP contribution is -2.31. The SMILES string of the molecule is Cc1cccc(-c2[nH]c3c(c2C)C(=O)NCC3)c1. The number of carbonyl (C=O) groups excluding carboxylic acids is 1. The van der Waals surface area contributed by atoms with Crippen molar-refractivity contribution in [2.24, 2.45) is 0 Å². The van der Waals surface area contributed by atoms with Crippen LogP contribution in [0.15, 0.2) is 24.3 Å². The number of rotatable bonds is 1. The number of carbonyl (C=O) groups is 1. The molecule has 0 saturated carbocycles. The smallest absolute Gasteiger partial charge is 0.253 e. The van der Waals surface area contributed by atoms with E-state index >= 15 is 0 Å². The summed E-state index contributed by atoms with van der Waals surface area (Å²) >= 11 is 0. The minimum absolute atomic E-state index is 0.0453. The Balaban J connectivity index is 2.17. The minimum Gasteiger partial charge on any atom is -0.357 e. The number of aromatic nitrogens is 1. The molecular weight excluding hydrogens is 224 g/mol. The molecule has 18 heavy (non-hydrogen) atoms. The number of aromatic amines is 1. The van der Waals surface area contributed by atoms with Gasteiger partial charge < -0.3 is 10.3 Å². The fourth-order valence-electron chi connectivity index (χ4n) is 2.63. The Morgan fingerprint density at radius 3 is 2.78 bits per heavy atom. The zero-order chi connectivity index (χ0) is 12.7. The molecule has 1 aromatic carbocycles. The quantitative estimate of drug-likeness (QED) is 0.790. The monoisotopic (exact) mass is 240 g/mol. The van der Waals surface area contributed by atoms with E-state index in [2.05, 4.69) is 35.4 Å². The first-order valence-corrected chi connectivity index (χ1v) is 6.23. The van der Waals surface area contributed by atoms with Gasteiger partial charge in [0.05, 0.1) is 5.56 Å². The van der Waals surface area contributed by atoms with Crippen molar-refractivity contribution in [2.45, 2.75) is 20.3 Å². The van der Waals surface area contributed by atoms with Crippen LogP contribution in [0.25, 0.3) is 11.3 Å². The fourth-order valence-corrected chi connectivity index (χ4v) is 2.63. The molecule has 3 nitrogen and oxygen atoms in total. The summed E-state index contributed by atoms with van der Waals surface area (Å²) < 4.78 is 0. The number of H-pyrrole nitrogens is 1. The van der Waals surface area contributed by atoms with E-state index in [-0.39, 0.29) is 5.91 Å². The molecule has 0 atom stereocenters. The lowest BCUT2D eigenvalue weighted by molar-refractivity contribution is 0.0945. The van der Waals surface area contributed by atoms with Gasteiger partial charge >= 0.3 is 0 Å². The van der Waals surface area contributed by atoms with Gasteiger partial charge in [-0.15, -0.1) is 0 Å². The molecule has 2 aromatic rings. The van der Waals surface area contributed by atoms with E-state index in [0.29, 0.717) is 0 Å². The average molecular weight is 240 g/mol. The predicted molar refractivity (Wildman–Crippen MR) is 71.7 cm³/mol. The normalized spacial score (nSPS) is 14.2. The summed E-state index contributed by atoms with van der Waals surface area (Å²) in [5.74, 6) is 0.0453. The highest BCUT2D eigenvalue weighted by Gasteiger charge is 2.23. The average Bonchev–Trinajstić information content (AvgIpc) is 2.68. The summed E-state index contributed by atoms with van der Waals surface area (Å²) in [7, 11) is 0. The van der Waals surface area contributed by atoms with Gasteiger partial charge in [0.25, 0.3) is 5.91 Å². The van der Waals surface area contributed by atoms with Gasteiger partial charge in [-0.3, -0.25) is 4.79 Å². The third-order valence-corrected chi connectivity index (χ3v) is 3.52. The van der Waals surface area contributed by atoms with Gasteiger partial charge in [0.1, 0.15) is 0 Å². The highest BCUT2D eigenvalue weighted by molar-refractivity contribution is 5.99. The van der Waals surface area contributed by atoms with Crippen molar-refractivity contribution >= 4 is 5.91 Å². The first kappa shape index (κ1) is 11.1. The van der Waals surface area contributed by atoms with Gasteiger partial charge in [-0.05, 0) is 31.0 Å². The topological polar surface area (TPSA) is 44.9 Å². The highest BCUT2D eigenvalue weighted by atomic mass is 16.1. The van der Waals surface area contributed by atoms with Crippen molar-refractivity contribution in [2.75, 3.05) is 6.54 Å². The molecular formula is C15H16N2O. The van der Waals surface area contributed by atoms with Crippen LogP contribution in [-0.4, -0.2) is 17.4 Å². The number of amides is 1. The van der Waals surface area contributed by atoms with Crippen molar-refractivity contribution < 1.29 is 4.79 Å². The maximum atomic E-state index is 11.9. The molecule has 3 heteroatoms. The molecule has 0 unspecified atom stereocenters. The van der Waals surface area contributed by atoms with Crippen molar-refractivity contribution in [1.82, 2.24) is 10.3 Å². The predicted octanol–water partition coefficient (Wildman–Crippen LogP) is 2.58. The Morgan fingerprint density at radius 1 is 1.22 bits per heavy atom. The van der Waals surface area contributed by atoms with Crippen molar-refractivity contribution in [3.8, 4) is 11.3 Å². The molecule has 2 heterocycles. The Bertz CT molecular complexity index is 625. The molecule has 1 aromatic heterocycles. The summed E-state index contributed by atoms with van der Waals surface area (Å²) in [5.41, 5.74) is 6.39. The lowest BCUT2D eigenvalue weighted by atomic mass is 10.0. The summed E-state index contributed by atoms with van der Waals surface area (Å²) in [6.45, 7) is 4.81. The molecule has 0 aliphatic carbocycles. The number of fused-ring (bicyclic) bond motifs is 1. The summed E-state index contributed by atoms with van der Waals surface area (Å²) in [5, 5.41) is 2.90. The number of hydrogen-bond donors (Lipinski definition) is 2. The van der Waals surface area contributed by atoms with Crippen LogP contribution in [-0.2, 0) is 6.42 Å². The van der Waals surface area contributed by atoms with Crippen LogP contribution < -0.4 is 5.32 Å². The Labute approximate surface area is 106 Å². The zero-order valence-corrected chi connectivity index (χ0v) is 10.6. The fraction of sp³-hybridized carbons (Fsp3) is 0.267. The van der Waals surface area contributed by atoms with E-state index in [1.165, 1.54) is 5.56 Å². The second kappa shape index (κ2) is 4.02. The van der Waals surface area contributed by atoms with Gasteiger partial charge in [-0.1, -0.05) is 23.8 Å². The minimum atomic E-state index is 0.0453. The van der Waals surface area contributed by atoms with E-state index in [9.17, 15) is 4.79 Å². The van der Waals surface area contributed by atoms with Crippen LogP contribution in [0.1, 0.15) is 27.2 Å². The molecule has 0 bridgehead atoms. The number of aryl methyl sites for hydroxylation is 1. The summed E-state index contributed by atoms with van der Waals surface area (Å²) in [4.78, 5) is 15.3. The molecule has 0 spiro atoms. The van der Waals surface area contributed by atoms with E-state index in [4.69, 9.17) is 0 Å². The van der Waals surface area contributed by atoms with Crippen LogP contribution in [0, 0.1) is 13.8 Å². The molecule has 1 aliphatic heterocycles. The third-order valence-electron chi connectivity index (χ3n) is 3.52. The Morgan fingerprint density at radius 2 is 2.06 bits per heavy atom. The van der Waals surface area contributed by atoms with Crippen molar-refractivity contribution in [1.29, 1.82) is 0 Å². The Kier molecular flexibility index (Phi) is 2.47. The lowest BCUT2D eigenvalue weighted by Gasteiger charge is -2.12. The van der Waals surface area contributed by atoms with E-state index in [0.717, 1.165) is 41.0 Å². The van der Waals surface area contributed by atoms with Gasteiger partial charge in [-0.25, -0.2) is 0 Å². The number of hydrogen-bond acceptors (Lipinski definition) is 1. The second-order valence-electron chi connectivity index (χ2n) is 4.85. The highest BCUT2D eigenvalue weighted by Crippen LogP contribution is 2.29. The summed E-state index contributed by atoms with van der Waals surface area (Å²) in [6, 6.07) is 8.34. The molecule has 1 aliphatic rings. The van der Waals surface area contributed by atoms with E-state index in [1.807, 2.05) is 13.0 Å². The van der Waals surface area contributed by atoms with Gasteiger partial charge in [0.2, 0.25) is 0 Å². The van der Waals surface area contributed by atoms with Crippen LogP contribution in [0.4, 0.5) is 0 Å². The van der Waals surface area contributed by atoms with Crippen molar-refractivity contribution in [3.63, 3.8) is 0 Å². The van der Waals surface area contributed by atoms with E-state index in [1.54, 1.807) is 0 Å². The van der Waals surface area contributed by atoms with Gasteiger partial charge in [-0.2, -0.15) is 0 Å². The van der Waals surface area contributed by atoms with Crippen molar-refractivity contribution in [3.05, 3.63) is 46.6 Å². The van der Waals surface area contributed by atoms with Gasteiger partial charge in [0, 0.05) is 24.4 Å². The van der Waals surface area contributed by atoms with Crippen LogP contribution in [0.5, 0.6) is 0 Å². The van der Waals surface area contributed by atoms with Gasteiger partial charge in [0.15, 0.2) is 0 Å². The second-order valence-corrected chi connectivity index (χ2v) is 4.85. The van der Waals surface area contributed by atoms with Crippen LogP contribution >= 0.6 is 0 Å². The molecule has 0 fully saturated rings. The standard InChI is InChI=1S/C15H16N2O/c1-9-4-3-5-11(8-9)14-10(2)13-12(17-14)6-7-16-15(13)18/h3-5,8,17H,6-7H2,1-2H3,(H,16,18). The molecule has 0 saturated heterocycles. The maximum absolute atomic E-state index is 11.9. The maximum Gasteiger partial charge on any atom is 0.253 e. The first-order chi connectivity index (χ1) is 8.66. The molecule has 92 valence electrons. The number of benzene rings is 1. The van der Waals surface area contributed by atoms with E-state index < -0.39 is 0 Å². The molecule has 3 rings (SSSR count). The summed E-state index contributed by atoms with van der Waals surface area (Å²) in [6.07, 6.45) is 0.883. The molecule has 0 radical (unpaired) electrons. The number of nitrogens with one attached hydrogen (secondary N) is 2. The molecule has 2 N–H and O–H groups in total.